The van der Waals surface area contributed by atoms with Gasteiger partial charge in [-0.2, -0.15) is 4.98 Å². The van der Waals surface area contributed by atoms with Crippen LogP contribution in [-0.4, -0.2) is 34.8 Å². The van der Waals surface area contributed by atoms with Gasteiger partial charge in [0.05, 0.1) is 5.52 Å². The monoisotopic (exact) mass is 348 g/mol. The van der Waals surface area contributed by atoms with Crippen molar-refractivity contribution in [2.45, 2.75) is 46.5 Å². The molecule has 7 heteroatoms. The molecule has 140 valence electrons. The van der Waals surface area contributed by atoms with Gasteiger partial charge in [0, 0.05) is 6.20 Å². The van der Waals surface area contributed by atoms with Crippen LogP contribution in [0.25, 0.3) is 11.0 Å². The molecule has 5 N–H and O–H groups in total. The number of aldehydes is 1. The highest BCUT2D eigenvalue weighted by Crippen LogP contribution is 2.14. The molecule has 0 aliphatic heterocycles. The average molecular weight is 348 g/mol. The largest absolute Gasteiger partial charge is 0.382 e. The SMILES string of the molecule is CC=O.CCCCCC(C)CNC.Nc1nc(N)c2ncccc2n1. The Morgan fingerprint density at radius 3 is 2.56 bits per heavy atom. The molecule has 2 heterocycles. The van der Waals surface area contributed by atoms with Gasteiger partial charge in [0.25, 0.3) is 0 Å². The number of pyridine rings is 1. The summed E-state index contributed by atoms with van der Waals surface area (Å²) in [6, 6.07) is 3.56. The number of aromatic nitrogens is 3. The van der Waals surface area contributed by atoms with Crippen molar-refractivity contribution in [1.29, 1.82) is 0 Å². The van der Waals surface area contributed by atoms with Crippen LogP contribution in [0.15, 0.2) is 18.3 Å². The highest BCUT2D eigenvalue weighted by molar-refractivity contribution is 5.84. The molecule has 1 unspecified atom stereocenters. The van der Waals surface area contributed by atoms with Gasteiger partial charge in [-0.15, -0.1) is 0 Å². The van der Waals surface area contributed by atoms with E-state index in [4.69, 9.17) is 16.3 Å². The molecular weight excluding hydrogens is 316 g/mol. The molecule has 25 heavy (non-hydrogen) atoms. The van der Waals surface area contributed by atoms with Crippen molar-refractivity contribution in [3.8, 4) is 0 Å². The van der Waals surface area contributed by atoms with E-state index in [-0.39, 0.29) is 5.95 Å². The number of unbranched alkanes of at least 4 members (excludes halogenated alkanes) is 2. The molecule has 0 saturated carbocycles. The molecule has 2 aromatic heterocycles. The Hall–Kier alpha value is -2.28. The van der Waals surface area contributed by atoms with Crippen LogP contribution < -0.4 is 16.8 Å². The number of carbonyl (C=O) groups is 1. The van der Waals surface area contributed by atoms with E-state index >= 15 is 0 Å². The molecular formula is C18H32N6O. The third kappa shape index (κ3) is 10.2. The van der Waals surface area contributed by atoms with Crippen molar-refractivity contribution in [2.75, 3.05) is 25.1 Å². The van der Waals surface area contributed by atoms with Crippen molar-refractivity contribution in [3.63, 3.8) is 0 Å². The summed E-state index contributed by atoms with van der Waals surface area (Å²) in [7, 11) is 2.02. The molecule has 0 bridgehead atoms. The van der Waals surface area contributed by atoms with Crippen LogP contribution in [0.4, 0.5) is 11.8 Å². The molecule has 0 aliphatic carbocycles. The number of anilines is 2. The van der Waals surface area contributed by atoms with E-state index in [1.165, 1.54) is 39.2 Å². The van der Waals surface area contributed by atoms with Crippen LogP contribution in [0.3, 0.4) is 0 Å². The first-order chi connectivity index (χ1) is 12.0. The molecule has 7 nitrogen and oxygen atoms in total. The van der Waals surface area contributed by atoms with Gasteiger partial charge in [-0.25, -0.2) is 4.98 Å². The zero-order valence-corrected chi connectivity index (χ0v) is 15.8. The van der Waals surface area contributed by atoms with Crippen LogP contribution >= 0.6 is 0 Å². The second-order valence-corrected chi connectivity index (χ2v) is 5.73. The van der Waals surface area contributed by atoms with Gasteiger partial charge in [-0.3, -0.25) is 4.98 Å². The second kappa shape index (κ2) is 14.1. The molecule has 0 aliphatic rings. The number of fused-ring (bicyclic) bond motifs is 1. The van der Waals surface area contributed by atoms with Gasteiger partial charge in [-0.1, -0.05) is 33.1 Å². The highest BCUT2D eigenvalue weighted by atomic mass is 16.1. The van der Waals surface area contributed by atoms with Gasteiger partial charge in [0.2, 0.25) is 5.95 Å². The summed E-state index contributed by atoms with van der Waals surface area (Å²) < 4.78 is 0. The molecule has 0 fully saturated rings. The van der Waals surface area contributed by atoms with Crippen LogP contribution in [-0.2, 0) is 4.79 Å². The van der Waals surface area contributed by atoms with E-state index in [9.17, 15) is 0 Å². The third-order valence-electron chi connectivity index (χ3n) is 3.35. The first-order valence-electron chi connectivity index (χ1n) is 8.68. The number of hydrogen-bond acceptors (Lipinski definition) is 7. The average Bonchev–Trinajstić information content (AvgIpc) is 2.56. The van der Waals surface area contributed by atoms with Crippen molar-refractivity contribution in [3.05, 3.63) is 18.3 Å². The van der Waals surface area contributed by atoms with Crippen molar-refractivity contribution >= 4 is 29.1 Å². The fourth-order valence-corrected chi connectivity index (χ4v) is 2.20. The topological polar surface area (TPSA) is 120 Å². The predicted molar refractivity (Wildman–Crippen MR) is 105 cm³/mol. The first kappa shape index (κ1) is 22.7. The molecule has 0 radical (unpaired) electrons. The Morgan fingerprint density at radius 1 is 1.28 bits per heavy atom. The number of carbonyl (C=O) groups excluding carboxylic acids is 1. The number of nitrogen functional groups attached to an aromatic ring is 2. The zero-order valence-electron chi connectivity index (χ0n) is 15.8. The quantitative estimate of drug-likeness (QED) is 0.542. The van der Waals surface area contributed by atoms with Crippen molar-refractivity contribution < 1.29 is 4.79 Å². The molecule has 0 spiro atoms. The van der Waals surface area contributed by atoms with Crippen LogP contribution in [0.1, 0.15) is 46.5 Å². The minimum Gasteiger partial charge on any atom is -0.382 e. The van der Waals surface area contributed by atoms with E-state index in [1.54, 1.807) is 18.3 Å². The molecule has 0 saturated heterocycles. The Kier molecular flexibility index (Phi) is 12.8. The maximum absolute atomic E-state index is 8.81. The van der Waals surface area contributed by atoms with E-state index in [0.717, 1.165) is 12.2 Å². The minimum absolute atomic E-state index is 0.174. The number of nitrogens with zero attached hydrogens (tertiary/aromatic N) is 3. The molecule has 0 aromatic carbocycles. The summed E-state index contributed by atoms with van der Waals surface area (Å²) in [4.78, 5) is 20.6. The van der Waals surface area contributed by atoms with E-state index in [0.29, 0.717) is 16.9 Å². The van der Waals surface area contributed by atoms with Gasteiger partial charge in [0.1, 0.15) is 11.8 Å². The fraction of sp³-hybridized carbons (Fsp3) is 0.556. The van der Waals surface area contributed by atoms with Crippen LogP contribution in [0.2, 0.25) is 0 Å². The number of nitrogens with one attached hydrogen (secondary N) is 1. The lowest BCUT2D eigenvalue weighted by atomic mass is 10.0. The van der Waals surface area contributed by atoms with Gasteiger partial charge in [0.15, 0.2) is 5.82 Å². The van der Waals surface area contributed by atoms with Crippen LogP contribution in [0, 0.1) is 5.92 Å². The maximum Gasteiger partial charge on any atom is 0.222 e. The molecule has 0 amide bonds. The first-order valence-corrected chi connectivity index (χ1v) is 8.68. The fourth-order valence-electron chi connectivity index (χ4n) is 2.20. The minimum atomic E-state index is 0.174. The summed E-state index contributed by atoms with van der Waals surface area (Å²) in [6.07, 6.45) is 7.91. The maximum atomic E-state index is 8.81. The summed E-state index contributed by atoms with van der Waals surface area (Å²) in [6.45, 7) is 7.18. The second-order valence-electron chi connectivity index (χ2n) is 5.73. The Labute approximate surface area is 150 Å². The summed E-state index contributed by atoms with van der Waals surface area (Å²) in [5, 5.41) is 3.19. The van der Waals surface area contributed by atoms with E-state index in [1.807, 2.05) is 7.05 Å². The smallest absolute Gasteiger partial charge is 0.222 e. The number of nitrogens with two attached hydrogens (primary N) is 2. The Balaban J connectivity index is 0.000000406. The van der Waals surface area contributed by atoms with E-state index < -0.39 is 0 Å². The number of hydrogen-bond donors (Lipinski definition) is 3. The van der Waals surface area contributed by atoms with Crippen LogP contribution in [0.5, 0.6) is 0 Å². The summed E-state index contributed by atoms with van der Waals surface area (Å²) in [5.41, 5.74) is 12.2. The Morgan fingerprint density at radius 2 is 1.96 bits per heavy atom. The standard InChI is InChI=1S/C9H21N.C7H7N5.C2H4O/c1-4-5-6-7-9(2)8-10-3;8-6-5-4(2-1-3-10-5)11-7(9)12-6;1-2-3/h9-10H,4-8H2,1-3H3;1-3H,(H4,8,9,11,12);2H,1H3. The normalized spacial score (nSPS) is 10.9. The molecule has 1 atom stereocenters. The number of rotatable bonds is 6. The lowest BCUT2D eigenvalue weighted by Gasteiger charge is -2.08. The highest BCUT2D eigenvalue weighted by Gasteiger charge is 2.01. The molecule has 2 aromatic rings. The van der Waals surface area contributed by atoms with Crippen molar-refractivity contribution in [2.24, 2.45) is 5.92 Å². The predicted octanol–water partition coefficient (Wildman–Crippen LogP) is 2.82. The third-order valence-corrected chi connectivity index (χ3v) is 3.35. The lowest BCUT2D eigenvalue weighted by Crippen LogP contribution is -2.15. The van der Waals surface area contributed by atoms with Gasteiger partial charge in [-0.05, 0) is 45.0 Å². The Bertz CT molecular complexity index is 605. The van der Waals surface area contributed by atoms with Crippen molar-refractivity contribution in [1.82, 2.24) is 20.3 Å². The molecule has 2 rings (SSSR count). The van der Waals surface area contributed by atoms with Gasteiger partial charge < -0.3 is 21.6 Å². The van der Waals surface area contributed by atoms with E-state index in [2.05, 4.69) is 34.1 Å². The van der Waals surface area contributed by atoms with Gasteiger partial charge >= 0.3 is 0 Å². The lowest BCUT2D eigenvalue weighted by molar-refractivity contribution is -0.106. The zero-order chi connectivity index (χ0) is 19.1. The summed E-state index contributed by atoms with van der Waals surface area (Å²) in [5.74, 6) is 1.35. The summed E-state index contributed by atoms with van der Waals surface area (Å²) >= 11 is 0.